The first-order valence-electron chi connectivity index (χ1n) is 6.97. The molecule has 0 radical (unpaired) electrons. The summed E-state index contributed by atoms with van der Waals surface area (Å²) >= 11 is 0. The van der Waals surface area contributed by atoms with Crippen LogP contribution in [0.15, 0.2) is 0 Å². The van der Waals surface area contributed by atoms with Crippen molar-refractivity contribution in [3.05, 3.63) is 0 Å². The first-order chi connectivity index (χ1) is 8.08. The normalized spacial score (nSPS) is 13.6. The fourth-order valence-corrected chi connectivity index (χ4v) is 2.78. The minimum absolute atomic E-state index is 0.457. The third kappa shape index (κ3) is 6.92. The lowest BCUT2D eigenvalue weighted by molar-refractivity contribution is 0.175. The Morgan fingerprint density at radius 1 is 0.889 bits per heavy atom. The van der Waals surface area contributed by atoms with Crippen LogP contribution >= 0.6 is 7.60 Å². The maximum absolute atomic E-state index is 12.8. The van der Waals surface area contributed by atoms with E-state index in [9.17, 15) is 4.57 Å². The second-order valence-corrected chi connectivity index (χ2v) is 9.55. The summed E-state index contributed by atoms with van der Waals surface area (Å²) in [5, 5.41) is -0.457. The van der Waals surface area contributed by atoms with E-state index in [-0.39, 0.29) is 0 Å². The van der Waals surface area contributed by atoms with E-state index < -0.39 is 12.8 Å². The van der Waals surface area contributed by atoms with Crippen molar-refractivity contribution in [2.24, 2.45) is 11.8 Å². The van der Waals surface area contributed by atoms with Gasteiger partial charge in [-0.05, 0) is 45.4 Å². The summed E-state index contributed by atoms with van der Waals surface area (Å²) in [7, 11) is -3.02. The fourth-order valence-electron chi connectivity index (χ4n) is 1.24. The summed E-state index contributed by atoms with van der Waals surface area (Å²) in [5.41, 5.74) is 0. The van der Waals surface area contributed by atoms with Crippen molar-refractivity contribution in [2.75, 3.05) is 13.2 Å². The molecule has 0 aromatic heterocycles. The van der Waals surface area contributed by atoms with Gasteiger partial charge in [0.25, 0.3) is 0 Å². The Kier molecular flexibility index (Phi) is 7.73. The smallest absolute Gasteiger partial charge is 0.308 e. The summed E-state index contributed by atoms with van der Waals surface area (Å²) < 4.78 is 24.0. The van der Waals surface area contributed by atoms with Gasteiger partial charge in [0.1, 0.15) is 0 Å². The molecule has 0 aromatic rings. The zero-order valence-corrected chi connectivity index (χ0v) is 14.0. The van der Waals surface area contributed by atoms with Gasteiger partial charge in [-0.15, -0.1) is 0 Å². The number of hydrogen-bond acceptors (Lipinski definition) is 3. The maximum Gasteiger partial charge on any atom is 0.335 e. The van der Waals surface area contributed by atoms with Crippen LogP contribution in [0.2, 0.25) is 0 Å². The predicted molar refractivity (Wildman–Crippen MR) is 78.2 cm³/mol. The topological polar surface area (TPSA) is 35.5 Å². The molecule has 0 aliphatic carbocycles. The lowest BCUT2D eigenvalue weighted by atomic mass is 10.2. The molecule has 0 spiro atoms. The highest BCUT2D eigenvalue weighted by atomic mass is 31.2. The Balaban J connectivity index is 4.41. The highest BCUT2D eigenvalue weighted by Crippen LogP contribution is 2.59. The van der Waals surface area contributed by atoms with Gasteiger partial charge in [0, 0.05) is 0 Å². The van der Waals surface area contributed by atoms with Crippen LogP contribution in [0.4, 0.5) is 0 Å². The van der Waals surface area contributed by atoms with Crippen molar-refractivity contribution in [2.45, 2.75) is 66.5 Å². The summed E-state index contributed by atoms with van der Waals surface area (Å²) in [6, 6.07) is 0. The van der Waals surface area contributed by atoms with E-state index in [0.717, 1.165) is 12.8 Å². The molecular formula is C14H31O3P. The van der Waals surface area contributed by atoms with Crippen molar-refractivity contribution in [1.82, 2.24) is 0 Å². The molecule has 0 N–H and O–H groups in total. The van der Waals surface area contributed by atoms with Crippen LogP contribution in [0, 0.1) is 11.8 Å². The van der Waals surface area contributed by atoms with Crippen molar-refractivity contribution < 1.29 is 13.6 Å². The van der Waals surface area contributed by atoms with Crippen LogP contribution < -0.4 is 0 Å². The summed E-state index contributed by atoms with van der Waals surface area (Å²) in [5.74, 6) is 1.10. The molecule has 0 heterocycles. The monoisotopic (exact) mass is 278 g/mol. The molecule has 0 atom stereocenters. The molecule has 0 bridgehead atoms. The molecule has 0 rings (SSSR count). The predicted octanol–water partition coefficient (Wildman–Crippen LogP) is 5.10. The average molecular weight is 278 g/mol. The maximum atomic E-state index is 12.8. The molecule has 3 nitrogen and oxygen atoms in total. The molecule has 4 heteroatoms. The van der Waals surface area contributed by atoms with E-state index in [2.05, 4.69) is 27.7 Å². The van der Waals surface area contributed by atoms with Gasteiger partial charge < -0.3 is 9.05 Å². The van der Waals surface area contributed by atoms with Crippen LogP contribution in [-0.2, 0) is 13.6 Å². The summed E-state index contributed by atoms with van der Waals surface area (Å²) in [6.07, 6.45) is 1.82. The third-order valence-corrected chi connectivity index (χ3v) is 5.42. The molecule has 18 heavy (non-hydrogen) atoms. The van der Waals surface area contributed by atoms with Crippen LogP contribution in [0.25, 0.3) is 0 Å². The highest BCUT2D eigenvalue weighted by Gasteiger charge is 2.39. The van der Waals surface area contributed by atoms with Crippen molar-refractivity contribution in [1.29, 1.82) is 0 Å². The molecule has 0 aliphatic rings. The molecule has 0 aromatic carbocycles. The highest BCUT2D eigenvalue weighted by molar-refractivity contribution is 7.55. The molecular weight excluding hydrogens is 247 g/mol. The lowest BCUT2D eigenvalue weighted by Crippen LogP contribution is -2.20. The Morgan fingerprint density at radius 2 is 1.22 bits per heavy atom. The van der Waals surface area contributed by atoms with Crippen LogP contribution in [0.3, 0.4) is 0 Å². The molecule has 110 valence electrons. The fraction of sp³-hybridized carbons (Fsp3) is 1.00. The van der Waals surface area contributed by atoms with Gasteiger partial charge in [-0.1, -0.05) is 27.7 Å². The Labute approximate surface area is 113 Å². The molecule has 0 amide bonds. The Morgan fingerprint density at radius 3 is 1.44 bits per heavy atom. The number of rotatable bonds is 8. The van der Waals surface area contributed by atoms with Gasteiger partial charge in [-0.3, -0.25) is 4.57 Å². The average Bonchev–Trinajstić information content (AvgIpc) is 2.14. The molecule has 0 unspecified atom stereocenters. The van der Waals surface area contributed by atoms with Crippen LogP contribution in [-0.4, -0.2) is 18.4 Å². The van der Waals surface area contributed by atoms with Gasteiger partial charge in [0.05, 0.1) is 18.4 Å². The second kappa shape index (κ2) is 7.67. The van der Waals surface area contributed by atoms with E-state index in [4.69, 9.17) is 9.05 Å². The second-order valence-electron chi connectivity index (χ2n) is 6.70. The van der Waals surface area contributed by atoms with Crippen molar-refractivity contribution in [3.8, 4) is 0 Å². The van der Waals surface area contributed by atoms with Gasteiger partial charge >= 0.3 is 7.60 Å². The molecule has 0 saturated carbocycles. The Hall–Kier alpha value is 0.150. The Bertz CT molecular complexity index is 249. The first-order valence-corrected chi connectivity index (χ1v) is 8.52. The lowest BCUT2D eigenvalue weighted by Gasteiger charge is -2.30. The molecule has 0 saturated heterocycles. The van der Waals surface area contributed by atoms with E-state index in [0.29, 0.717) is 25.0 Å². The van der Waals surface area contributed by atoms with Crippen molar-refractivity contribution in [3.63, 3.8) is 0 Å². The zero-order chi connectivity index (χ0) is 14.4. The van der Waals surface area contributed by atoms with Crippen LogP contribution in [0.5, 0.6) is 0 Å². The minimum atomic E-state index is -3.02. The summed E-state index contributed by atoms with van der Waals surface area (Å²) in [4.78, 5) is 0. The quantitative estimate of drug-likeness (QED) is 0.579. The molecule has 0 aliphatic heterocycles. The van der Waals surface area contributed by atoms with Gasteiger partial charge in [-0.25, -0.2) is 0 Å². The van der Waals surface area contributed by atoms with Crippen LogP contribution in [0.1, 0.15) is 61.3 Å². The SMILES string of the molecule is CC(C)CCOP(=O)(OCCC(C)C)C(C)(C)C. The largest absolute Gasteiger partial charge is 0.335 e. The molecule has 0 fully saturated rings. The number of hydrogen-bond donors (Lipinski definition) is 0. The van der Waals surface area contributed by atoms with E-state index in [1.165, 1.54) is 0 Å². The summed E-state index contributed by atoms with van der Waals surface area (Å²) in [6.45, 7) is 15.3. The standard InChI is InChI=1S/C14H31O3P/c1-12(2)8-10-16-18(15,14(5,6)7)17-11-9-13(3)4/h12-13H,8-11H2,1-7H3. The first kappa shape index (κ1) is 18.1. The van der Waals surface area contributed by atoms with E-state index >= 15 is 0 Å². The van der Waals surface area contributed by atoms with E-state index in [1.54, 1.807) is 0 Å². The van der Waals surface area contributed by atoms with E-state index in [1.807, 2.05) is 20.8 Å². The minimum Gasteiger partial charge on any atom is -0.308 e. The van der Waals surface area contributed by atoms with Gasteiger partial charge in [0.15, 0.2) is 0 Å². The zero-order valence-electron chi connectivity index (χ0n) is 13.2. The van der Waals surface area contributed by atoms with Gasteiger partial charge in [-0.2, -0.15) is 0 Å². The van der Waals surface area contributed by atoms with Gasteiger partial charge in [0.2, 0.25) is 0 Å². The third-order valence-electron chi connectivity index (χ3n) is 2.73. The van der Waals surface area contributed by atoms with Crippen molar-refractivity contribution >= 4 is 7.60 Å².